The van der Waals surface area contributed by atoms with E-state index in [4.69, 9.17) is 5.73 Å². The molecule has 1 unspecified atom stereocenters. The minimum atomic E-state index is 0. The van der Waals surface area contributed by atoms with Gasteiger partial charge >= 0.3 is 0 Å². The molecule has 5 heteroatoms. The predicted molar refractivity (Wildman–Crippen MR) is 96.3 cm³/mol. The van der Waals surface area contributed by atoms with E-state index in [0.717, 1.165) is 12.1 Å². The van der Waals surface area contributed by atoms with E-state index in [-0.39, 0.29) is 24.0 Å². The van der Waals surface area contributed by atoms with Crippen LogP contribution in [0.3, 0.4) is 0 Å². The van der Waals surface area contributed by atoms with Crippen LogP contribution in [0.1, 0.15) is 33.6 Å². The molecule has 0 aliphatic carbocycles. The van der Waals surface area contributed by atoms with E-state index in [1.807, 2.05) is 6.92 Å². The first-order valence-corrected chi connectivity index (χ1v) is 6.76. The Labute approximate surface area is 135 Å². The number of nitrogens with one attached hydrogen (secondary N) is 1. The van der Waals surface area contributed by atoms with Crippen LogP contribution in [0.2, 0.25) is 0 Å². The zero-order valence-electron chi connectivity index (χ0n) is 13.1. The molecule has 0 aromatic carbocycles. The van der Waals surface area contributed by atoms with Gasteiger partial charge in [0.2, 0.25) is 0 Å². The number of guanidine groups is 1. The van der Waals surface area contributed by atoms with Crippen LogP contribution in [0.4, 0.5) is 0 Å². The molecule has 0 aliphatic rings. The lowest BCUT2D eigenvalue weighted by atomic mass is 9.93. The van der Waals surface area contributed by atoms with Crippen LogP contribution in [0.5, 0.6) is 0 Å². The van der Waals surface area contributed by atoms with Crippen LogP contribution in [0, 0.1) is 5.92 Å². The molecule has 0 spiro atoms. The Bertz CT molecular complexity index is 273. The zero-order chi connectivity index (χ0) is 14.1. The van der Waals surface area contributed by atoms with Gasteiger partial charge in [0.15, 0.2) is 5.96 Å². The van der Waals surface area contributed by atoms with Crippen molar-refractivity contribution in [2.45, 2.75) is 39.7 Å². The molecule has 1 atom stereocenters. The third-order valence-electron chi connectivity index (χ3n) is 3.28. The quantitative estimate of drug-likeness (QED) is 0.294. The van der Waals surface area contributed by atoms with E-state index >= 15 is 0 Å². The fourth-order valence-electron chi connectivity index (χ4n) is 2.06. The van der Waals surface area contributed by atoms with E-state index in [1.165, 1.54) is 12.8 Å². The van der Waals surface area contributed by atoms with Gasteiger partial charge in [-0.05, 0) is 26.9 Å². The summed E-state index contributed by atoms with van der Waals surface area (Å²) >= 11 is 0. The van der Waals surface area contributed by atoms with Crippen molar-refractivity contribution >= 4 is 29.9 Å². The number of aliphatic imine (C=N–C) groups is 1. The molecule has 0 rings (SSSR count). The Morgan fingerprint density at radius 3 is 2.21 bits per heavy atom. The normalized spacial score (nSPS) is 13.3. The molecule has 0 aromatic heterocycles. The summed E-state index contributed by atoms with van der Waals surface area (Å²) in [7, 11) is 4.21. The SMILES string of the molecule is C=C(C)CNC(N)=NCC(C(CC)CC)N(C)C.I. The van der Waals surface area contributed by atoms with Crippen molar-refractivity contribution in [2.24, 2.45) is 16.6 Å². The molecular formula is C14H31IN4. The second-order valence-corrected chi connectivity index (χ2v) is 5.14. The first-order chi connectivity index (χ1) is 8.42. The summed E-state index contributed by atoms with van der Waals surface area (Å²) in [5.41, 5.74) is 6.89. The number of nitrogens with two attached hydrogens (primary N) is 1. The van der Waals surface area contributed by atoms with Crippen LogP contribution in [-0.4, -0.2) is 44.1 Å². The molecule has 0 heterocycles. The molecule has 0 aliphatic heterocycles. The molecule has 114 valence electrons. The van der Waals surface area contributed by atoms with Crippen LogP contribution in [0.15, 0.2) is 17.1 Å². The van der Waals surface area contributed by atoms with Crippen molar-refractivity contribution in [3.05, 3.63) is 12.2 Å². The van der Waals surface area contributed by atoms with Gasteiger partial charge in [-0.15, -0.1) is 24.0 Å². The average molecular weight is 382 g/mol. The maximum atomic E-state index is 5.83. The second-order valence-electron chi connectivity index (χ2n) is 5.14. The molecule has 0 amide bonds. The fraction of sp³-hybridized carbons (Fsp3) is 0.786. The molecule has 0 aromatic rings. The van der Waals surface area contributed by atoms with Gasteiger partial charge in [0, 0.05) is 12.6 Å². The lowest BCUT2D eigenvalue weighted by Crippen LogP contribution is -2.39. The number of nitrogens with zero attached hydrogens (tertiary/aromatic N) is 2. The van der Waals surface area contributed by atoms with Crippen LogP contribution in [-0.2, 0) is 0 Å². The molecular weight excluding hydrogens is 351 g/mol. The van der Waals surface area contributed by atoms with Crippen molar-refractivity contribution in [1.29, 1.82) is 0 Å². The summed E-state index contributed by atoms with van der Waals surface area (Å²) in [6.07, 6.45) is 2.35. The van der Waals surface area contributed by atoms with Gasteiger partial charge in [-0.1, -0.05) is 38.8 Å². The summed E-state index contributed by atoms with van der Waals surface area (Å²) in [5, 5.41) is 3.06. The summed E-state index contributed by atoms with van der Waals surface area (Å²) < 4.78 is 0. The van der Waals surface area contributed by atoms with E-state index in [1.54, 1.807) is 0 Å². The first-order valence-electron chi connectivity index (χ1n) is 6.76. The average Bonchev–Trinajstić information content (AvgIpc) is 2.31. The highest BCUT2D eigenvalue weighted by molar-refractivity contribution is 14.0. The van der Waals surface area contributed by atoms with Crippen LogP contribution in [0.25, 0.3) is 0 Å². The number of rotatable bonds is 8. The van der Waals surface area contributed by atoms with Crippen molar-refractivity contribution in [3.63, 3.8) is 0 Å². The standard InChI is InChI=1S/C14H30N4.HI/c1-7-12(8-2)13(18(5)6)10-17-14(15)16-9-11(3)4;/h12-13H,3,7-10H2,1-2,4-6H3,(H3,15,16,17);1H. The van der Waals surface area contributed by atoms with Crippen LogP contribution >= 0.6 is 24.0 Å². The maximum Gasteiger partial charge on any atom is 0.188 e. The number of hydrogen-bond acceptors (Lipinski definition) is 2. The highest BCUT2D eigenvalue weighted by Gasteiger charge is 2.20. The Kier molecular flexibility index (Phi) is 12.7. The minimum Gasteiger partial charge on any atom is -0.370 e. The van der Waals surface area contributed by atoms with Gasteiger partial charge in [-0.3, -0.25) is 4.99 Å². The van der Waals surface area contributed by atoms with Crippen molar-refractivity contribution in [1.82, 2.24) is 10.2 Å². The molecule has 0 radical (unpaired) electrons. The van der Waals surface area contributed by atoms with Gasteiger partial charge in [-0.25, -0.2) is 0 Å². The van der Waals surface area contributed by atoms with Crippen molar-refractivity contribution in [2.75, 3.05) is 27.2 Å². The van der Waals surface area contributed by atoms with E-state index in [9.17, 15) is 0 Å². The molecule has 3 N–H and O–H groups in total. The number of hydrogen-bond donors (Lipinski definition) is 2. The highest BCUT2D eigenvalue weighted by atomic mass is 127. The van der Waals surface area contributed by atoms with Gasteiger partial charge < -0.3 is 16.0 Å². The largest absolute Gasteiger partial charge is 0.370 e. The Balaban J connectivity index is 0. The zero-order valence-corrected chi connectivity index (χ0v) is 15.4. The van der Waals surface area contributed by atoms with E-state index < -0.39 is 0 Å². The Morgan fingerprint density at radius 1 is 1.32 bits per heavy atom. The lowest BCUT2D eigenvalue weighted by Gasteiger charge is -2.30. The lowest BCUT2D eigenvalue weighted by molar-refractivity contribution is 0.206. The fourth-order valence-corrected chi connectivity index (χ4v) is 2.06. The van der Waals surface area contributed by atoms with E-state index in [2.05, 4.69) is 49.7 Å². The van der Waals surface area contributed by atoms with Gasteiger partial charge in [0.05, 0.1) is 6.54 Å². The molecule has 0 fully saturated rings. The van der Waals surface area contributed by atoms with Gasteiger partial charge in [0.25, 0.3) is 0 Å². The molecule has 0 saturated carbocycles. The predicted octanol–water partition coefficient (Wildman–Crippen LogP) is 2.45. The highest BCUT2D eigenvalue weighted by Crippen LogP contribution is 2.17. The number of halogens is 1. The first kappa shape index (κ1) is 21.0. The molecule has 19 heavy (non-hydrogen) atoms. The topological polar surface area (TPSA) is 53.6 Å². The third-order valence-corrected chi connectivity index (χ3v) is 3.28. The molecule has 0 saturated heterocycles. The summed E-state index contributed by atoms with van der Waals surface area (Å²) in [6.45, 7) is 11.7. The van der Waals surface area contributed by atoms with E-state index in [0.29, 0.717) is 24.5 Å². The Morgan fingerprint density at radius 2 is 1.84 bits per heavy atom. The Hall–Kier alpha value is -0.300. The third kappa shape index (κ3) is 9.27. The molecule has 0 bridgehead atoms. The van der Waals surface area contributed by atoms with Crippen LogP contribution < -0.4 is 11.1 Å². The molecule has 4 nitrogen and oxygen atoms in total. The van der Waals surface area contributed by atoms with Crippen molar-refractivity contribution < 1.29 is 0 Å². The van der Waals surface area contributed by atoms with Gasteiger partial charge in [0.1, 0.15) is 0 Å². The summed E-state index contributed by atoms with van der Waals surface area (Å²) in [4.78, 5) is 6.68. The monoisotopic (exact) mass is 382 g/mol. The second kappa shape index (κ2) is 11.5. The smallest absolute Gasteiger partial charge is 0.188 e. The number of likely N-dealkylation sites (N-methyl/N-ethyl adjacent to an activating group) is 1. The van der Waals surface area contributed by atoms with Crippen molar-refractivity contribution in [3.8, 4) is 0 Å². The van der Waals surface area contributed by atoms with Gasteiger partial charge in [-0.2, -0.15) is 0 Å². The summed E-state index contributed by atoms with van der Waals surface area (Å²) in [5.74, 6) is 1.17. The summed E-state index contributed by atoms with van der Waals surface area (Å²) in [6, 6.07) is 0.449. The minimum absolute atomic E-state index is 0. The maximum absolute atomic E-state index is 5.83.